The van der Waals surface area contributed by atoms with Crippen LogP contribution < -0.4 is 0 Å². The highest BCUT2D eigenvalue weighted by molar-refractivity contribution is 7.90. The number of esters is 1. The van der Waals surface area contributed by atoms with E-state index in [1.165, 1.54) is 48.5 Å². The molecule has 0 saturated heterocycles. The van der Waals surface area contributed by atoms with Crippen molar-refractivity contribution in [2.24, 2.45) is 0 Å². The highest BCUT2D eigenvalue weighted by Gasteiger charge is 2.47. The van der Waals surface area contributed by atoms with Crippen LogP contribution in [0.5, 0.6) is 0 Å². The van der Waals surface area contributed by atoms with Gasteiger partial charge in [0.2, 0.25) is 5.78 Å². The Morgan fingerprint density at radius 1 is 0.975 bits per heavy atom. The number of hydrogen-bond donors (Lipinski definition) is 0. The zero-order valence-corrected chi connectivity index (χ0v) is 22.4. The van der Waals surface area contributed by atoms with Crippen molar-refractivity contribution in [1.82, 2.24) is 4.90 Å². The van der Waals surface area contributed by atoms with Crippen molar-refractivity contribution >= 4 is 50.7 Å². The van der Waals surface area contributed by atoms with Crippen LogP contribution in [0.15, 0.2) is 72.8 Å². The number of nitrogens with zero attached hydrogens (tertiary/aromatic N) is 2. The van der Waals surface area contributed by atoms with Crippen molar-refractivity contribution in [3.8, 4) is 0 Å². The van der Waals surface area contributed by atoms with E-state index in [9.17, 15) is 37.7 Å². The summed E-state index contributed by atoms with van der Waals surface area (Å²) in [5.74, 6) is -4.68. The van der Waals surface area contributed by atoms with Crippen LogP contribution in [0.1, 0.15) is 49.2 Å². The highest BCUT2D eigenvalue weighted by Crippen LogP contribution is 2.34. The Kier molecular flexibility index (Phi) is 8.12. The number of benzene rings is 3. The Morgan fingerprint density at radius 3 is 2.23 bits per heavy atom. The SMILES string of the molecule is CS(=O)(=O)CC[C@H](C(=O)O[C@H](C(=O)c1ccc(Cl)cc1)c1ccccc1)N1C(=O)c2cccc([N+](=O)[O-])c2C1=O. The Hall–Kier alpha value is -4.42. The molecule has 2 amide bonds. The van der Waals surface area contributed by atoms with Crippen molar-refractivity contribution in [3.05, 3.63) is 110 Å². The van der Waals surface area contributed by atoms with E-state index < -0.39 is 73.9 Å². The second-order valence-corrected chi connectivity index (χ2v) is 11.7. The van der Waals surface area contributed by atoms with Gasteiger partial charge < -0.3 is 4.74 Å². The number of fused-ring (bicyclic) bond motifs is 1. The monoisotopic (exact) mass is 584 g/mol. The number of hydrogen-bond acceptors (Lipinski definition) is 9. The largest absolute Gasteiger partial charge is 0.447 e. The first kappa shape index (κ1) is 28.6. The number of Topliss-reactive ketones (excluding diaryl/α,β-unsaturated/α-hetero) is 1. The number of sulfone groups is 1. The van der Waals surface area contributed by atoms with Gasteiger partial charge in [-0.3, -0.25) is 29.4 Å². The molecule has 1 aliphatic heterocycles. The number of carbonyl (C=O) groups excluding carboxylic acids is 4. The standard InChI is InChI=1S/C27H21ClN2O9S/c1-40(37,38)15-14-21(29-25(32)19-8-5-9-20(30(35)36)22(19)26(29)33)27(34)39-24(17-6-3-2-4-7-17)23(31)16-10-12-18(28)13-11-16/h2-13,21,24H,14-15H2,1H3/t21-,24+/m1/s1. The van der Waals surface area contributed by atoms with Gasteiger partial charge in [0.25, 0.3) is 17.5 Å². The molecule has 0 aliphatic carbocycles. The minimum atomic E-state index is -3.69. The van der Waals surface area contributed by atoms with Crippen LogP contribution in [0.3, 0.4) is 0 Å². The normalized spacial score (nSPS) is 14.4. The summed E-state index contributed by atoms with van der Waals surface area (Å²) in [6.45, 7) is 0. The molecular weight excluding hydrogens is 564 g/mol. The molecule has 1 aliphatic rings. The highest BCUT2D eigenvalue weighted by atomic mass is 35.5. The van der Waals surface area contributed by atoms with Crippen LogP contribution in [0, 0.1) is 10.1 Å². The van der Waals surface area contributed by atoms with E-state index in [1.807, 2.05) is 0 Å². The van der Waals surface area contributed by atoms with Crippen molar-refractivity contribution < 1.29 is 37.3 Å². The van der Waals surface area contributed by atoms with Gasteiger partial charge in [-0.15, -0.1) is 0 Å². The van der Waals surface area contributed by atoms with E-state index in [-0.39, 0.29) is 16.7 Å². The van der Waals surface area contributed by atoms with Gasteiger partial charge in [-0.25, -0.2) is 13.2 Å². The van der Waals surface area contributed by atoms with Crippen LogP contribution in [0.25, 0.3) is 0 Å². The Bertz CT molecular complexity index is 1620. The molecule has 0 spiro atoms. The number of ketones is 1. The number of nitro groups is 1. The molecule has 0 bridgehead atoms. The van der Waals surface area contributed by atoms with Crippen molar-refractivity contribution in [2.75, 3.05) is 12.0 Å². The number of carbonyl (C=O) groups is 4. The van der Waals surface area contributed by atoms with E-state index >= 15 is 0 Å². The molecule has 206 valence electrons. The third kappa shape index (κ3) is 5.92. The predicted molar refractivity (Wildman–Crippen MR) is 143 cm³/mol. The number of ether oxygens (including phenoxy) is 1. The summed E-state index contributed by atoms with van der Waals surface area (Å²) >= 11 is 5.92. The maximum Gasteiger partial charge on any atom is 0.330 e. The van der Waals surface area contributed by atoms with Gasteiger partial charge in [-0.1, -0.05) is 48.0 Å². The zero-order valence-electron chi connectivity index (χ0n) is 20.9. The third-order valence-corrected chi connectivity index (χ3v) is 7.40. The van der Waals surface area contributed by atoms with E-state index in [1.54, 1.807) is 18.2 Å². The lowest BCUT2D eigenvalue weighted by atomic mass is 9.99. The minimum absolute atomic E-state index is 0.148. The summed E-state index contributed by atoms with van der Waals surface area (Å²) in [4.78, 5) is 64.7. The molecule has 0 radical (unpaired) electrons. The van der Waals surface area contributed by atoms with Gasteiger partial charge in [-0.2, -0.15) is 0 Å². The van der Waals surface area contributed by atoms with E-state index in [0.717, 1.165) is 12.3 Å². The molecule has 11 nitrogen and oxygen atoms in total. The van der Waals surface area contributed by atoms with E-state index in [4.69, 9.17) is 16.3 Å². The topological polar surface area (TPSA) is 158 Å². The molecule has 1 heterocycles. The van der Waals surface area contributed by atoms with E-state index in [2.05, 4.69) is 0 Å². The van der Waals surface area contributed by atoms with Crippen LogP contribution in [-0.4, -0.2) is 59.9 Å². The Labute approximate surface area is 233 Å². The first-order valence-electron chi connectivity index (χ1n) is 11.8. The van der Waals surface area contributed by atoms with Crippen molar-refractivity contribution in [1.29, 1.82) is 0 Å². The zero-order chi connectivity index (χ0) is 29.2. The van der Waals surface area contributed by atoms with Crippen LogP contribution >= 0.6 is 11.6 Å². The molecule has 0 aromatic heterocycles. The van der Waals surface area contributed by atoms with Gasteiger partial charge in [0.1, 0.15) is 21.4 Å². The molecule has 0 unspecified atom stereocenters. The predicted octanol–water partition coefficient (Wildman–Crippen LogP) is 3.81. The van der Waals surface area contributed by atoms with Crippen LogP contribution in [0.2, 0.25) is 5.02 Å². The third-order valence-electron chi connectivity index (χ3n) is 6.17. The van der Waals surface area contributed by atoms with Gasteiger partial charge in [0.05, 0.1) is 16.2 Å². The smallest absolute Gasteiger partial charge is 0.330 e. The minimum Gasteiger partial charge on any atom is -0.447 e. The molecular formula is C27H21ClN2O9S. The molecule has 0 fully saturated rings. The second-order valence-electron chi connectivity index (χ2n) is 8.97. The molecule has 40 heavy (non-hydrogen) atoms. The lowest BCUT2D eigenvalue weighted by Gasteiger charge is -2.26. The van der Waals surface area contributed by atoms with Gasteiger partial charge in [0.15, 0.2) is 6.10 Å². The quantitative estimate of drug-likeness (QED) is 0.113. The fourth-order valence-electron chi connectivity index (χ4n) is 4.26. The number of amides is 2. The molecule has 3 aromatic carbocycles. The Balaban J connectivity index is 1.74. The van der Waals surface area contributed by atoms with E-state index in [0.29, 0.717) is 9.92 Å². The molecule has 2 atom stereocenters. The first-order chi connectivity index (χ1) is 18.9. The maximum absolute atomic E-state index is 13.6. The van der Waals surface area contributed by atoms with Crippen LogP contribution in [-0.2, 0) is 19.4 Å². The average Bonchev–Trinajstić information content (AvgIpc) is 3.17. The summed E-state index contributed by atoms with van der Waals surface area (Å²) in [5, 5.41) is 11.9. The second kappa shape index (κ2) is 11.4. The first-order valence-corrected chi connectivity index (χ1v) is 14.2. The van der Waals surface area contributed by atoms with Gasteiger partial charge >= 0.3 is 5.97 Å². The molecule has 0 saturated carbocycles. The summed E-state index contributed by atoms with van der Waals surface area (Å²) in [6, 6.07) is 15.4. The van der Waals surface area contributed by atoms with Crippen molar-refractivity contribution in [3.63, 3.8) is 0 Å². The molecule has 13 heteroatoms. The molecule has 4 rings (SSSR count). The van der Waals surface area contributed by atoms with Crippen LogP contribution in [0.4, 0.5) is 5.69 Å². The molecule has 3 aromatic rings. The lowest BCUT2D eigenvalue weighted by molar-refractivity contribution is -0.385. The maximum atomic E-state index is 13.6. The average molecular weight is 585 g/mol. The summed E-state index contributed by atoms with van der Waals surface area (Å²) in [5.41, 5.74) is -1.06. The molecule has 0 N–H and O–H groups in total. The summed E-state index contributed by atoms with van der Waals surface area (Å²) < 4.78 is 29.5. The summed E-state index contributed by atoms with van der Waals surface area (Å²) in [6.07, 6.45) is -1.19. The Morgan fingerprint density at radius 2 is 1.62 bits per heavy atom. The fraction of sp³-hybridized carbons (Fsp3) is 0.185. The fourth-order valence-corrected chi connectivity index (χ4v) is 5.04. The number of halogens is 1. The number of nitro benzene ring substituents is 1. The summed E-state index contributed by atoms with van der Waals surface area (Å²) in [7, 11) is -3.69. The number of rotatable bonds is 10. The number of imide groups is 1. The van der Waals surface area contributed by atoms with Crippen molar-refractivity contribution in [2.45, 2.75) is 18.6 Å². The van der Waals surface area contributed by atoms with Gasteiger partial charge in [0, 0.05) is 28.5 Å². The van der Waals surface area contributed by atoms with Gasteiger partial charge in [-0.05, 0) is 36.8 Å². The lowest BCUT2D eigenvalue weighted by Crippen LogP contribution is -2.47.